The van der Waals surface area contributed by atoms with Crippen molar-refractivity contribution in [3.63, 3.8) is 0 Å². The van der Waals surface area contributed by atoms with Gasteiger partial charge in [0.25, 0.3) is 5.91 Å². The third-order valence-corrected chi connectivity index (χ3v) is 7.32. The van der Waals surface area contributed by atoms with E-state index in [1.54, 1.807) is 16.2 Å². The number of nitrogens with zero attached hydrogens (tertiary/aromatic N) is 2. The maximum Gasteiger partial charge on any atom is 0.270 e. The Morgan fingerprint density at radius 3 is 2.81 bits per heavy atom. The lowest BCUT2D eigenvalue weighted by Gasteiger charge is -2.22. The fraction of sp³-hybridized carbons (Fsp3) is 0.368. The minimum atomic E-state index is -0.0105. The number of rotatable bonds is 4. The van der Waals surface area contributed by atoms with Crippen LogP contribution in [-0.2, 0) is 4.74 Å². The Balaban J connectivity index is 1.72. The minimum absolute atomic E-state index is 0.0105. The van der Waals surface area contributed by atoms with E-state index in [4.69, 9.17) is 9.72 Å². The molecule has 1 fully saturated rings. The average molecular weight is 451 g/mol. The van der Waals surface area contributed by atoms with E-state index >= 15 is 0 Å². The summed E-state index contributed by atoms with van der Waals surface area (Å²) < 4.78 is 7.85. The fourth-order valence-corrected chi connectivity index (χ4v) is 5.47. The maximum atomic E-state index is 13.2. The molecule has 4 nitrogen and oxygen atoms in total. The highest BCUT2D eigenvalue weighted by atomic mass is 79.9. The van der Waals surface area contributed by atoms with Crippen LogP contribution in [-0.4, -0.2) is 30.1 Å². The van der Waals surface area contributed by atoms with Gasteiger partial charge in [-0.15, -0.1) is 11.3 Å². The maximum absolute atomic E-state index is 13.2. The van der Waals surface area contributed by atoms with E-state index in [0.717, 1.165) is 38.6 Å². The number of aromatic nitrogens is 1. The van der Waals surface area contributed by atoms with Gasteiger partial charge < -0.3 is 4.74 Å². The van der Waals surface area contributed by atoms with Gasteiger partial charge >= 0.3 is 0 Å². The SMILES string of the molecule is Cc1cc2nc(N(CC3CCCO3)C(=O)c3ccc(Br)s3)sc2cc1C. The van der Waals surface area contributed by atoms with Crippen molar-refractivity contribution in [2.45, 2.75) is 32.8 Å². The highest BCUT2D eigenvalue weighted by Crippen LogP contribution is 2.33. The van der Waals surface area contributed by atoms with Gasteiger partial charge in [-0.05, 0) is 78.0 Å². The molecule has 1 saturated heterocycles. The Morgan fingerprint density at radius 2 is 2.12 bits per heavy atom. The summed E-state index contributed by atoms with van der Waals surface area (Å²) >= 11 is 6.47. The second-order valence-corrected chi connectivity index (χ2v) is 10.0. The summed E-state index contributed by atoms with van der Waals surface area (Å²) in [7, 11) is 0. The summed E-state index contributed by atoms with van der Waals surface area (Å²) in [5.41, 5.74) is 3.41. The number of hydrogen-bond acceptors (Lipinski definition) is 5. The molecule has 3 aromatic rings. The Hall–Kier alpha value is -1.28. The number of aryl methyl sites for hydroxylation is 2. The van der Waals surface area contributed by atoms with Gasteiger partial charge in [0.2, 0.25) is 0 Å². The predicted molar refractivity (Wildman–Crippen MR) is 112 cm³/mol. The number of thiophene rings is 1. The van der Waals surface area contributed by atoms with Crippen LogP contribution in [0, 0.1) is 13.8 Å². The third-order valence-electron chi connectivity index (χ3n) is 4.66. The Bertz CT molecular complexity index is 921. The van der Waals surface area contributed by atoms with Gasteiger partial charge in [0.1, 0.15) is 0 Å². The fourth-order valence-electron chi connectivity index (χ4n) is 3.09. The van der Waals surface area contributed by atoms with Gasteiger partial charge in [0, 0.05) is 6.61 Å². The first-order chi connectivity index (χ1) is 12.5. The number of amides is 1. The largest absolute Gasteiger partial charge is 0.376 e. The number of hydrogen-bond donors (Lipinski definition) is 0. The molecule has 1 amide bonds. The highest BCUT2D eigenvalue weighted by Gasteiger charge is 2.27. The average Bonchev–Trinajstić information content (AvgIpc) is 3.33. The van der Waals surface area contributed by atoms with Crippen LogP contribution in [0.5, 0.6) is 0 Å². The molecule has 7 heteroatoms. The van der Waals surface area contributed by atoms with Crippen molar-refractivity contribution in [2.75, 3.05) is 18.1 Å². The summed E-state index contributed by atoms with van der Waals surface area (Å²) in [5, 5.41) is 0.745. The first kappa shape index (κ1) is 18.1. The number of benzene rings is 1. The lowest BCUT2D eigenvalue weighted by molar-refractivity contribution is 0.0920. The molecule has 1 aliphatic heterocycles. The summed E-state index contributed by atoms with van der Waals surface area (Å²) in [6.45, 7) is 5.51. The molecule has 2 aromatic heterocycles. The number of anilines is 1. The van der Waals surface area contributed by atoms with Gasteiger partial charge in [-0.3, -0.25) is 9.69 Å². The monoisotopic (exact) mass is 450 g/mol. The molecule has 1 atom stereocenters. The summed E-state index contributed by atoms with van der Waals surface area (Å²) in [5.74, 6) is -0.0105. The molecule has 1 unspecified atom stereocenters. The van der Waals surface area contributed by atoms with E-state index in [1.165, 1.54) is 22.5 Å². The van der Waals surface area contributed by atoms with Gasteiger partial charge in [-0.1, -0.05) is 11.3 Å². The second kappa shape index (κ2) is 7.38. The van der Waals surface area contributed by atoms with Crippen LogP contribution in [0.1, 0.15) is 33.6 Å². The van der Waals surface area contributed by atoms with Crippen molar-refractivity contribution in [1.29, 1.82) is 0 Å². The molecule has 1 aromatic carbocycles. The normalized spacial score (nSPS) is 17.1. The molecule has 0 bridgehead atoms. The Kier molecular flexibility index (Phi) is 5.14. The number of fused-ring (bicyclic) bond motifs is 1. The van der Waals surface area contributed by atoms with Gasteiger partial charge in [0.05, 0.1) is 31.5 Å². The first-order valence-corrected chi connectivity index (χ1v) is 11.0. The van der Waals surface area contributed by atoms with E-state index < -0.39 is 0 Å². The molecule has 1 aliphatic rings. The number of thiazole rings is 1. The second-order valence-electron chi connectivity index (χ2n) is 6.56. The molecule has 3 heterocycles. The predicted octanol–water partition coefficient (Wildman–Crippen LogP) is 5.56. The Morgan fingerprint density at radius 1 is 1.31 bits per heavy atom. The lowest BCUT2D eigenvalue weighted by Crippen LogP contribution is -2.37. The molecular weight excluding hydrogens is 432 g/mol. The zero-order valence-electron chi connectivity index (χ0n) is 14.6. The van der Waals surface area contributed by atoms with Crippen LogP contribution in [0.4, 0.5) is 5.13 Å². The molecule has 4 rings (SSSR count). The smallest absolute Gasteiger partial charge is 0.270 e. The standard InChI is InChI=1S/C19H19BrN2O2S2/c1-11-8-14-16(9-12(11)2)26-19(21-14)22(10-13-4-3-7-24-13)18(23)15-5-6-17(20)25-15/h5-6,8-9,13H,3-4,7,10H2,1-2H3. The molecular formula is C19H19BrN2O2S2. The number of ether oxygens (including phenoxy) is 1. The third kappa shape index (κ3) is 3.58. The molecule has 0 aliphatic carbocycles. The van der Waals surface area contributed by atoms with Crippen molar-refractivity contribution in [1.82, 2.24) is 4.98 Å². The van der Waals surface area contributed by atoms with Crippen molar-refractivity contribution in [2.24, 2.45) is 0 Å². The number of carbonyl (C=O) groups is 1. The topological polar surface area (TPSA) is 42.4 Å². The van der Waals surface area contributed by atoms with E-state index in [2.05, 4.69) is 41.9 Å². The lowest BCUT2D eigenvalue weighted by atomic mass is 10.1. The summed E-state index contributed by atoms with van der Waals surface area (Å²) in [6, 6.07) is 8.03. The molecule has 0 N–H and O–H groups in total. The van der Waals surface area contributed by atoms with Crippen molar-refractivity contribution >= 4 is 59.9 Å². The first-order valence-electron chi connectivity index (χ1n) is 8.58. The number of carbonyl (C=O) groups excluding carboxylic acids is 1. The van der Waals surface area contributed by atoms with E-state index in [1.807, 2.05) is 12.1 Å². The zero-order chi connectivity index (χ0) is 18.3. The van der Waals surface area contributed by atoms with Crippen LogP contribution < -0.4 is 4.90 Å². The van der Waals surface area contributed by atoms with Gasteiger partial charge in [0.15, 0.2) is 5.13 Å². The molecule has 0 spiro atoms. The van der Waals surface area contributed by atoms with E-state index in [0.29, 0.717) is 11.4 Å². The van der Waals surface area contributed by atoms with Crippen LogP contribution in [0.15, 0.2) is 28.1 Å². The highest BCUT2D eigenvalue weighted by molar-refractivity contribution is 9.11. The van der Waals surface area contributed by atoms with Gasteiger partial charge in [-0.2, -0.15) is 0 Å². The van der Waals surface area contributed by atoms with Crippen LogP contribution in [0.25, 0.3) is 10.2 Å². The van der Waals surface area contributed by atoms with E-state index in [9.17, 15) is 4.79 Å². The van der Waals surface area contributed by atoms with Crippen molar-refractivity contribution < 1.29 is 9.53 Å². The van der Waals surface area contributed by atoms with Crippen LogP contribution in [0.3, 0.4) is 0 Å². The van der Waals surface area contributed by atoms with Crippen molar-refractivity contribution in [3.8, 4) is 0 Å². The van der Waals surface area contributed by atoms with Crippen LogP contribution >= 0.6 is 38.6 Å². The summed E-state index contributed by atoms with van der Waals surface area (Å²) in [4.78, 5) is 20.5. The van der Waals surface area contributed by atoms with E-state index in [-0.39, 0.29) is 12.0 Å². The van der Waals surface area contributed by atoms with Crippen molar-refractivity contribution in [3.05, 3.63) is 44.1 Å². The summed E-state index contributed by atoms with van der Waals surface area (Å²) in [6.07, 6.45) is 2.12. The van der Waals surface area contributed by atoms with Crippen LogP contribution in [0.2, 0.25) is 0 Å². The number of halogens is 1. The molecule has 0 saturated carbocycles. The zero-order valence-corrected chi connectivity index (χ0v) is 17.8. The quantitative estimate of drug-likeness (QED) is 0.522. The molecule has 26 heavy (non-hydrogen) atoms. The minimum Gasteiger partial charge on any atom is -0.376 e. The Labute approximate surface area is 168 Å². The molecule has 136 valence electrons. The van der Waals surface area contributed by atoms with Gasteiger partial charge in [-0.25, -0.2) is 4.98 Å². The molecule has 0 radical (unpaired) electrons.